The van der Waals surface area contributed by atoms with Gasteiger partial charge in [0.15, 0.2) is 0 Å². The zero-order chi connectivity index (χ0) is 16.1. The standard InChI is InChI=1S/C16H17N3OS2/c1-10(8-9-17)21-14-7-5-4-6-13(14)19-16(20)15-11(2)18-12(3)22-15/h4-7,10H,8H2,1-3H3,(H,19,20)/t10-/m1/s1. The number of benzene rings is 1. The van der Waals surface area contributed by atoms with Crippen LogP contribution in [0.2, 0.25) is 0 Å². The van der Waals surface area contributed by atoms with Gasteiger partial charge in [0.1, 0.15) is 4.88 Å². The Balaban J connectivity index is 2.18. The predicted molar refractivity (Wildman–Crippen MR) is 91.5 cm³/mol. The minimum absolute atomic E-state index is 0.135. The zero-order valence-electron chi connectivity index (χ0n) is 12.7. The summed E-state index contributed by atoms with van der Waals surface area (Å²) in [5.41, 5.74) is 1.52. The highest BCUT2D eigenvalue weighted by molar-refractivity contribution is 8.00. The van der Waals surface area contributed by atoms with Crippen molar-refractivity contribution in [2.24, 2.45) is 0 Å². The number of anilines is 1. The minimum Gasteiger partial charge on any atom is -0.320 e. The number of hydrogen-bond acceptors (Lipinski definition) is 5. The van der Waals surface area contributed by atoms with Gasteiger partial charge in [-0.25, -0.2) is 4.98 Å². The van der Waals surface area contributed by atoms with E-state index >= 15 is 0 Å². The van der Waals surface area contributed by atoms with E-state index in [-0.39, 0.29) is 11.2 Å². The van der Waals surface area contributed by atoms with Crippen molar-refractivity contribution < 1.29 is 4.79 Å². The molecule has 0 aliphatic rings. The first-order chi connectivity index (χ1) is 10.5. The highest BCUT2D eigenvalue weighted by Crippen LogP contribution is 2.32. The molecular weight excluding hydrogens is 314 g/mol. The van der Waals surface area contributed by atoms with Gasteiger partial charge in [0, 0.05) is 16.6 Å². The lowest BCUT2D eigenvalue weighted by Gasteiger charge is -2.13. The van der Waals surface area contributed by atoms with Crippen LogP contribution in [-0.2, 0) is 0 Å². The molecule has 0 bridgehead atoms. The van der Waals surface area contributed by atoms with Crippen LogP contribution in [-0.4, -0.2) is 16.1 Å². The van der Waals surface area contributed by atoms with Gasteiger partial charge in [-0.05, 0) is 26.0 Å². The van der Waals surface area contributed by atoms with E-state index in [2.05, 4.69) is 16.4 Å². The molecule has 114 valence electrons. The van der Waals surface area contributed by atoms with Crippen molar-refractivity contribution in [3.63, 3.8) is 0 Å². The Bertz CT molecular complexity index is 718. The van der Waals surface area contributed by atoms with Gasteiger partial charge in [-0.1, -0.05) is 19.1 Å². The summed E-state index contributed by atoms with van der Waals surface area (Å²) >= 11 is 2.99. The Hall–Kier alpha value is -1.84. The number of carbonyl (C=O) groups excluding carboxylic acids is 1. The lowest BCUT2D eigenvalue weighted by atomic mass is 10.3. The average molecular weight is 331 g/mol. The molecule has 0 aliphatic carbocycles. The van der Waals surface area contributed by atoms with Crippen molar-refractivity contribution in [3.8, 4) is 6.07 Å². The van der Waals surface area contributed by atoms with Crippen LogP contribution < -0.4 is 5.32 Å². The van der Waals surface area contributed by atoms with Gasteiger partial charge in [-0.3, -0.25) is 4.79 Å². The van der Waals surface area contributed by atoms with E-state index in [0.717, 1.165) is 21.3 Å². The lowest BCUT2D eigenvalue weighted by Crippen LogP contribution is -2.12. The number of rotatable bonds is 5. The van der Waals surface area contributed by atoms with E-state index < -0.39 is 0 Å². The quantitative estimate of drug-likeness (QED) is 0.824. The van der Waals surface area contributed by atoms with Crippen molar-refractivity contribution in [1.29, 1.82) is 5.26 Å². The Morgan fingerprint density at radius 3 is 2.82 bits per heavy atom. The fraction of sp³-hybridized carbons (Fsp3) is 0.312. The summed E-state index contributed by atoms with van der Waals surface area (Å²) in [7, 11) is 0. The molecule has 6 heteroatoms. The molecule has 0 radical (unpaired) electrons. The number of thiazole rings is 1. The van der Waals surface area contributed by atoms with E-state index in [1.54, 1.807) is 11.8 Å². The highest BCUT2D eigenvalue weighted by Gasteiger charge is 2.16. The summed E-state index contributed by atoms with van der Waals surface area (Å²) < 4.78 is 0. The number of hydrogen-bond donors (Lipinski definition) is 1. The van der Waals surface area contributed by atoms with Gasteiger partial charge >= 0.3 is 0 Å². The van der Waals surface area contributed by atoms with Crippen LogP contribution in [0.1, 0.15) is 33.7 Å². The second-order valence-electron chi connectivity index (χ2n) is 4.89. The molecule has 0 aliphatic heterocycles. The largest absolute Gasteiger partial charge is 0.320 e. The third-order valence-electron chi connectivity index (χ3n) is 2.95. The number of aromatic nitrogens is 1. The highest BCUT2D eigenvalue weighted by atomic mass is 32.2. The minimum atomic E-state index is -0.135. The number of nitrogens with zero attached hydrogens (tertiary/aromatic N) is 2. The maximum Gasteiger partial charge on any atom is 0.267 e. The molecule has 22 heavy (non-hydrogen) atoms. The number of para-hydroxylation sites is 1. The average Bonchev–Trinajstić information content (AvgIpc) is 2.80. The van der Waals surface area contributed by atoms with Crippen LogP contribution in [0.15, 0.2) is 29.2 Å². The van der Waals surface area contributed by atoms with Crippen LogP contribution in [0.25, 0.3) is 0 Å². The number of nitrogens with one attached hydrogen (secondary N) is 1. The molecule has 1 aromatic carbocycles. The molecular formula is C16H17N3OS2. The molecule has 1 atom stereocenters. The van der Waals surface area contributed by atoms with Crippen LogP contribution in [0.5, 0.6) is 0 Å². The summed E-state index contributed by atoms with van der Waals surface area (Å²) in [4.78, 5) is 18.3. The summed E-state index contributed by atoms with van der Waals surface area (Å²) in [5, 5.41) is 12.8. The molecule has 0 saturated heterocycles. The van der Waals surface area contributed by atoms with Crippen molar-refractivity contribution in [2.45, 2.75) is 37.3 Å². The first-order valence-electron chi connectivity index (χ1n) is 6.89. The van der Waals surface area contributed by atoms with Gasteiger partial charge in [-0.2, -0.15) is 5.26 Å². The predicted octanol–water partition coefficient (Wildman–Crippen LogP) is 4.41. The Morgan fingerprint density at radius 1 is 1.45 bits per heavy atom. The molecule has 1 aromatic heterocycles. The van der Waals surface area contributed by atoms with E-state index in [1.165, 1.54) is 11.3 Å². The monoisotopic (exact) mass is 331 g/mol. The van der Waals surface area contributed by atoms with Crippen LogP contribution in [0.4, 0.5) is 5.69 Å². The third kappa shape index (κ3) is 4.09. The van der Waals surface area contributed by atoms with Crippen molar-refractivity contribution in [1.82, 2.24) is 4.98 Å². The van der Waals surface area contributed by atoms with E-state index in [1.807, 2.05) is 45.0 Å². The van der Waals surface area contributed by atoms with Gasteiger partial charge in [0.05, 0.1) is 22.5 Å². The number of nitriles is 1. The maximum atomic E-state index is 12.4. The molecule has 0 saturated carbocycles. The van der Waals surface area contributed by atoms with E-state index in [4.69, 9.17) is 5.26 Å². The molecule has 0 spiro atoms. The lowest BCUT2D eigenvalue weighted by molar-refractivity contribution is 0.102. The van der Waals surface area contributed by atoms with Crippen molar-refractivity contribution >= 4 is 34.7 Å². The zero-order valence-corrected chi connectivity index (χ0v) is 14.3. The molecule has 2 aromatic rings. The van der Waals surface area contributed by atoms with Gasteiger partial charge in [-0.15, -0.1) is 23.1 Å². The normalized spacial score (nSPS) is 11.7. The Morgan fingerprint density at radius 2 is 2.18 bits per heavy atom. The topological polar surface area (TPSA) is 65.8 Å². The van der Waals surface area contributed by atoms with Gasteiger partial charge in [0.2, 0.25) is 0 Å². The summed E-state index contributed by atoms with van der Waals surface area (Å²) in [6.07, 6.45) is 0.472. The first-order valence-corrected chi connectivity index (χ1v) is 8.59. The number of thioether (sulfide) groups is 1. The fourth-order valence-electron chi connectivity index (χ4n) is 1.98. The van der Waals surface area contributed by atoms with Crippen LogP contribution >= 0.6 is 23.1 Å². The van der Waals surface area contributed by atoms with Crippen LogP contribution in [0, 0.1) is 25.2 Å². The molecule has 1 amide bonds. The summed E-state index contributed by atoms with van der Waals surface area (Å²) in [6, 6.07) is 9.82. The number of aryl methyl sites for hydroxylation is 2. The maximum absolute atomic E-state index is 12.4. The molecule has 2 rings (SSSR count). The fourth-order valence-corrected chi connectivity index (χ4v) is 3.79. The second kappa shape index (κ2) is 7.43. The van der Waals surface area contributed by atoms with Gasteiger partial charge < -0.3 is 5.32 Å². The Labute approximate surface area is 138 Å². The second-order valence-corrected chi connectivity index (χ2v) is 7.57. The molecule has 1 heterocycles. The number of amides is 1. The van der Waals surface area contributed by atoms with E-state index in [0.29, 0.717) is 11.3 Å². The molecule has 4 nitrogen and oxygen atoms in total. The van der Waals surface area contributed by atoms with Crippen molar-refractivity contribution in [2.75, 3.05) is 5.32 Å². The first kappa shape index (κ1) is 16.5. The Kier molecular flexibility index (Phi) is 5.58. The van der Waals surface area contributed by atoms with Crippen LogP contribution in [0.3, 0.4) is 0 Å². The third-order valence-corrected chi connectivity index (χ3v) is 5.20. The molecule has 1 N–H and O–H groups in total. The SMILES string of the molecule is Cc1nc(C)c(C(=O)Nc2ccccc2S[C@H](C)CC#N)s1. The van der Waals surface area contributed by atoms with E-state index in [9.17, 15) is 4.79 Å². The van der Waals surface area contributed by atoms with Gasteiger partial charge in [0.25, 0.3) is 5.91 Å². The molecule has 0 unspecified atom stereocenters. The summed E-state index contributed by atoms with van der Waals surface area (Å²) in [6.45, 7) is 5.74. The summed E-state index contributed by atoms with van der Waals surface area (Å²) in [5.74, 6) is -0.135. The number of carbonyl (C=O) groups is 1. The molecule has 0 fully saturated rings. The van der Waals surface area contributed by atoms with Crippen molar-refractivity contribution in [3.05, 3.63) is 39.8 Å². The smallest absolute Gasteiger partial charge is 0.267 e.